The fourth-order valence-corrected chi connectivity index (χ4v) is 5.00. The van der Waals surface area contributed by atoms with E-state index in [9.17, 15) is 5.11 Å². The van der Waals surface area contributed by atoms with Crippen LogP contribution in [-0.4, -0.2) is 61.6 Å². The summed E-state index contributed by atoms with van der Waals surface area (Å²) in [5, 5.41) is 12.4. The zero-order chi connectivity index (χ0) is 20.9. The summed E-state index contributed by atoms with van der Waals surface area (Å²) in [6.45, 7) is 4.70. The van der Waals surface area contributed by atoms with Gasteiger partial charge < -0.3 is 19.2 Å². The summed E-state index contributed by atoms with van der Waals surface area (Å²) in [7, 11) is -1.67. The maximum Gasteiger partial charge on any atom is 0.272 e. The Labute approximate surface area is 182 Å². The van der Waals surface area contributed by atoms with Crippen LogP contribution >= 0.6 is 50.1 Å². The van der Waals surface area contributed by atoms with Crippen molar-refractivity contribution in [2.75, 3.05) is 6.61 Å². The summed E-state index contributed by atoms with van der Waals surface area (Å²) >= 11 is 11.9. The summed E-state index contributed by atoms with van der Waals surface area (Å²) in [6.07, 6.45) is 1.44. The zero-order valence-electron chi connectivity index (χ0n) is 16.3. The summed E-state index contributed by atoms with van der Waals surface area (Å²) in [4.78, 5) is 8.32. The molecule has 0 unspecified atom stereocenters. The molecule has 0 radical (unpaired) electrons. The molecule has 1 saturated heterocycles. The largest absolute Gasteiger partial charge is 0.437 e. The molecular weight excluding hydrogens is 538 g/mol. The van der Waals surface area contributed by atoms with Gasteiger partial charge in [-0.15, -0.1) is 0 Å². The third-order valence-electron chi connectivity index (χ3n) is 4.33. The van der Waals surface area contributed by atoms with Crippen LogP contribution in [-0.2, 0) is 18.7 Å². The molecule has 0 aliphatic carbocycles. The molecule has 0 saturated carbocycles. The average molecular weight is 558 g/mol. The van der Waals surface area contributed by atoms with Crippen LogP contribution in [0, 0.1) is 3.57 Å². The van der Waals surface area contributed by atoms with Crippen molar-refractivity contribution in [1.29, 1.82) is 2.67 Å². The van der Waals surface area contributed by atoms with Crippen molar-refractivity contribution in [2.45, 2.75) is 43.0 Å². The second kappa shape index (κ2) is 7.84. The van der Waals surface area contributed by atoms with Crippen LogP contribution in [0.1, 0.15) is 6.92 Å². The molecule has 0 bridgehead atoms. The molecule has 0 amide bonds. The summed E-state index contributed by atoms with van der Waals surface area (Å²) in [6, 6.07) is 0. The number of hydrogen-bond acceptors (Lipinski definition) is 6. The standard InChI is InChI=1S/C14H18B2BrClIN3O4/c1-13(23)10(26-16-3)8(5-24-15-2)25-14(13,17)22-4-7(19)9-11(18)20-6-21-12(9)22/h4,6,8,10,15-16,23H,5H2,1-3H3/t8-,10-,13-,14+/m1/s1/i15D,16D. The van der Waals surface area contributed by atoms with Gasteiger partial charge in [0.2, 0.25) is 4.63 Å². The third kappa shape index (κ3) is 3.23. The molecule has 2 aromatic heterocycles. The first kappa shape index (κ1) is 18.1. The van der Waals surface area contributed by atoms with Gasteiger partial charge in [0.25, 0.3) is 14.9 Å². The lowest BCUT2D eigenvalue weighted by Gasteiger charge is -2.37. The Morgan fingerprint density at radius 1 is 1.54 bits per heavy atom. The SMILES string of the molecule is [2H]B(C)OC[C@H]1O[C@@](Br)(n2cc(I)c3c(Cl)ncnc32)[C@](C)(O)[C@@H]1OB([2H])C. The Kier molecular flexibility index (Phi) is 5.47. The maximum absolute atomic E-state index is 11.5. The van der Waals surface area contributed by atoms with Crippen LogP contribution in [0.15, 0.2) is 12.5 Å². The van der Waals surface area contributed by atoms with Gasteiger partial charge in [-0.3, -0.25) is 4.57 Å². The zero-order valence-corrected chi connectivity index (χ0v) is 18.8. The van der Waals surface area contributed by atoms with E-state index < -0.39 is 37.3 Å². The van der Waals surface area contributed by atoms with Crippen LogP contribution in [0.4, 0.5) is 0 Å². The minimum Gasteiger partial charge on any atom is -0.437 e. The molecule has 1 N–H and O–H groups in total. The maximum atomic E-state index is 11.5. The number of fused-ring (bicyclic) bond motifs is 1. The number of alkyl halides is 1. The molecule has 1 fully saturated rings. The molecule has 3 heterocycles. The lowest BCUT2D eigenvalue weighted by molar-refractivity contribution is -0.114. The van der Waals surface area contributed by atoms with E-state index in [2.05, 4.69) is 48.5 Å². The van der Waals surface area contributed by atoms with Crippen LogP contribution in [0.25, 0.3) is 11.0 Å². The van der Waals surface area contributed by atoms with Crippen LogP contribution in [0.2, 0.25) is 18.8 Å². The van der Waals surface area contributed by atoms with Gasteiger partial charge in [-0.05, 0) is 45.4 Å². The van der Waals surface area contributed by atoms with Crippen molar-refractivity contribution in [3.8, 4) is 0 Å². The van der Waals surface area contributed by atoms with Gasteiger partial charge >= 0.3 is 0 Å². The fourth-order valence-electron chi connectivity index (χ4n) is 3.10. The van der Waals surface area contributed by atoms with Crippen molar-refractivity contribution < 1.29 is 19.2 Å². The van der Waals surface area contributed by atoms with Crippen molar-refractivity contribution >= 4 is 76.0 Å². The van der Waals surface area contributed by atoms with Gasteiger partial charge in [0.15, 0.2) is 0 Å². The molecule has 12 heteroatoms. The number of ether oxygens (including phenoxy) is 1. The number of hydrogen-bond donors (Lipinski definition) is 1. The third-order valence-corrected chi connectivity index (χ3v) is 6.81. The van der Waals surface area contributed by atoms with Gasteiger partial charge in [-0.2, -0.15) is 0 Å². The molecule has 26 heavy (non-hydrogen) atoms. The van der Waals surface area contributed by atoms with Crippen molar-refractivity contribution in [1.82, 2.24) is 14.5 Å². The van der Waals surface area contributed by atoms with Gasteiger partial charge in [0.05, 0.1) is 12.0 Å². The fraction of sp³-hybridized carbons (Fsp3) is 0.571. The Balaban J connectivity index is 2.10. The molecule has 0 aromatic carbocycles. The van der Waals surface area contributed by atoms with E-state index in [1.54, 1.807) is 31.3 Å². The molecule has 140 valence electrons. The van der Waals surface area contributed by atoms with Crippen molar-refractivity contribution in [2.24, 2.45) is 0 Å². The van der Waals surface area contributed by atoms with Crippen molar-refractivity contribution in [3.63, 3.8) is 0 Å². The highest BCUT2D eigenvalue weighted by Crippen LogP contribution is 2.51. The summed E-state index contributed by atoms with van der Waals surface area (Å²) < 4.78 is 33.6. The van der Waals surface area contributed by atoms with Crippen LogP contribution in [0.5, 0.6) is 0 Å². The highest BCUT2D eigenvalue weighted by Gasteiger charge is 2.63. The van der Waals surface area contributed by atoms with Gasteiger partial charge in [-0.25, -0.2) is 9.97 Å². The van der Waals surface area contributed by atoms with Crippen LogP contribution < -0.4 is 0 Å². The molecule has 1 aliphatic heterocycles. The topological polar surface area (TPSA) is 78.6 Å². The van der Waals surface area contributed by atoms with E-state index in [1.165, 1.54) is 6.33 Å². The van der Waals surface area contributed by atoms with E-state index in [0.29, 0.717) is 11.0 Å². The monoisotopic (exact) mass is 557 g/mol. The molecule has 4 atom stereocenters. The van der Waals surface area contributed by atoms with Crippen molar-refractivity contribution in [3.05, 3.63) is 21.2 Å². The second-order valence-electron chi connectivity index (χ2n) is 5.94. The first-order chi connectivity index (χ1) is 13.0. The molecule has 7 nitrogen and oxygen atoms in total. The number of rotatable bonds is 6. The lowest BCUT2D eigenvalue weighted by atomic mass is 9.93. The van der Waals surface area contributed by atoms with Crippen LogP contribution in [0.3, 0.4) is 0 Å². The minimum absolute atomic E-state index is 0.0115. The molecular formula is C14H18B2BrClIN3O4. The average Bonchev–Trinajstić information content (AvgIpc) is 3.02. The highest BCUT2D eigenvalue weighted by molar-refractivity contribution is 14.1. The van der Waals surface area contributed by atoms with Gasteiger partial charge in [0.1, 0.15) is 34.9 Å². The molecule has 0 spiro atoms. The van der Waals surface area contributed by atoms with E-state index in [4.69, 9.17) is 28.3 Å². The normalized spacial score (nSPS) is 32.6. The number of aromatic nitrogens is 3. The Morgan fingerprint density at radius 3 is 2.92 bits per heavy atom. The quantitative estimate of drug-likeness (QED) is 0.253. The second-order valence-corrected chi connectivity index (χ2v) is 8.53. The first-order valence-corrected chi connectivity index (χ1v) is 10.1. The van der Waals surface area contributed by atoms with E-state index in [-0.39, 0.29) is 11.8 Å². The summed E-state index contributed by atoms with van der Waals surface area (Å²) in [5.41, 5.74) is -1.15. The Bertz CT molecular complexity index is 880. The lowest BCUT2D eigenvalue weighted by Crippen LogP contribution is -2.53. The van der Waals surface area contributed by atoms with E-state index >= 15 is 0 Å². The Hall–Kier alpha value is 0.0899. The first-order valence-electron chi connectivity index (χ1n) is 9.02. The van der Waals surface area contributed by atoms with Gasteiger partial charge in [-0.1, -0.05) is 25.2 Å². The highest BCUT2D eigenvalue weighted by atomic mass is 127. The molecule has 3 rings (SSSR count). The number of halogens is 3. The molecule has 1 aliphatic rings. The van der Waals surface area contributed by atoms with E-state index in [0.717, 1.165) is 3.57 Å². The number of nitrogens with zero attached hydrogens (tertiary/aromatic N) is 3. The predicted molar refractivity (Wildman–Crippen MR) is 115 cm³/mol. The Morgan fingerprint density at radius 2 is 2.27 bits per heavy atom. The van der Waals surface area contributed by atoms with Gasteiger partial charge in [0, 0.05) is 12.4 Å². The number of aliphatic hydroxyl groups is 1. The predicted octanol–water partition coefficient (Wildman–Crippen LogP) is 2.05. The van der Waals surface area contributed by atoms with E-state index in [1.807, 2.05) is 0 Å². The summed E-state index contributed by atoms with van der Waals surface area (Å²) in [5.74, 6) is 0. The minimum atomic E-state index is -1.62. The molecule has 2 aromatic rings. The smallest absolute Gasteiger partial charge is 0.272 e.